The summed E-state index contributed by atoms with van der Waals surface area (Å²) in [5.41, 5.74) is 17.2. The monoisotopic (exact) mass is 355 g/mol. The number of ether oxygens (including phenoxy) is 2. The number of hydrogen-bond acceptors (Lipinski definition) is 7. The first-order valence-electron chi connectivity index (χ1n) is 8.17. The Morgan fingerprint density at radius 3 is 2.19 bits per heavy atom. The van der Waals surface area contributed by atoms with Crippen molar-refractivity contribution in [3.63, 3.8) is 0 Å². The molecule has 0 saturated carbocycles. The van der Waals surface area contributed by atoms with Gasteiger partial charge in [-0.2, -0.15) is 0 Å². The maximum Gasteiger partial charge on any atom is 0.274 e. The molecule has 3 aromatic rings. The highest BCUT2D eigenvalue weighted by Gasteiger charge is 2.23. The Morgan fingerprint density at radius 2 is 1.50 bits per heavy atom. The van der Waals surface area contributed by atoms with Crippen LogP contribution in [-0.4, -0.2) is 29.2 Å². The van der Waals surface area contributed by atoms with Crippen LogP contribution in [0.15, 0.2) is 12.1 Å². The molecule has 3 aromatic heterocycles. The summed E-state index contributed by atoms with van der Waals surface area (Å²) in [5, 5.41) is 0.744. The smallest absolute Gasteiger partial charge is 0.274 e. The van der Waals surface area contributed by atoms with Gasteiger partial charge in [-0.15, -0.1) is 4.98 Å². The number of methoxy groups -OCH3 is 2. The van der Waals surface area contributed by atoms with Crippen LogP contribution in [0, 0.1) is 13.8 Å². The van der Waals surface area contributed by atoms with E-state index in [1.54, 1.807) is 14.2 Å². The first kappa shape index (κ1) is 18.0. The molecule has 0 spiro atoms. The number of H-pyrrole nitrogens is 1. The molecule has 0 saturated heterocycles. The van der Waals surface area contributed by atoms with Gasteiger partial charge in [-0.3, -0.25) is 0 Å². The van der Waals surface area contributed by atoms with E-state index in [1.165, 1.54) is 0 Å². The molecule has 0 aromatic carbocycles. The Hall–Kier alpha value is -2.84. The molecule has 3 heterocycles. The number of nitrogens with two attached hydrogens (primary N) is 2. The molecule has 0 unspecified atom stereocenters. The summed E-state index contributed by atoms with van der Waals surface area (Å²) in [4.78, 5) is 16.7. The molecule has 0 bridgehead atoms. The summed E-state index contributed by atoms with van der Waals surface area (Å²) >= 11 is 0. The van der Waals surface area contributed by atoms with E-state index in [4.69, 9.17) is 20.9 Å². The number of nitrogen functional groups attached to an aromatic ring is 2. The third-order valence-corrected chi connectivity index (χ3v) is 4.05. The molecule has 3 rings (SSSR count). The predicted octanol–water partition coefficient (Wildman–Crippen LogP) is 1.58. The molecule has 0 fully saturated rings. The van der Waals surface area contributed by atoms with Gasteiger partial charge in [0.2, 0.25) is 5.82 Å². The average molecular weight is 355 g/mol. The van der Waals surface area contributed by atoms with Crippen molar-refractivity contribution in [2.24, 2.45) is 0 Å². The zero-order valence-electron chi connectivity index (χ0n) is 15.4. The number of aryl methyl sites for hydroxylation is 2. The van der Waals surface area contributed by atoms with Gasteiger partial charge in [-0.05, 0) is 31.5 Å². The number of rotatable bonds is 5. The number of nitrogens with zero attached hydrogens (tertiary/aromatic N) is 3. The molecule has 0 atom stereocenters. The summed E-state index contributed by atoms with van der Waals surface area (Å²) in [6, 6.07) is 3.86. The second-order valence-electron chi connectivity index (χ2n) is 6.17. The Labute approximate surface area is 151 Å². The van der Waals surface area contributed by atoms with E-state index in [9.17, 15) is 0 Å². The Bertz CT molecular complexity index is 974. The van der Waals surface area contributed by atoms with Gasteiger partial charge in [0, 0.05) is 25.5 Å². The summed E-state index contributed by atoms with van der Waals surface area (Å²) in [5.74, 6) is 1.23. The van der Waals surface area contributed by atoms with E-state index in [-0.39, 0.29) is 0 Å². The number of pyridine rings is 2. The third kappa shape index (κ3) is 3.29. The molecule has 0 amide bonds. The van der Waals surface area contributed by atoms with Crippen molar-refractivity contribution in [3.8, 4) is 11.4 Å². The van der Waals surface area contributed by atoms with Crippen LogP contribution in [0.5, 0.6) is 0 Å². The highest BCUT2D eigenvalue weighted by Crippen LogP contribution is 2.29. The van der Waals surface area contributed by atoms with Crippen molar-refractivity contribution in [1.82, 2.24) is 15.0 Å². The molecule has 8 nitrogen and oxygen atoms in total. The number of anilines is 2. The van der Waals surface area contributed by atoms with Crippen molar-refractivity contribution in [2.75, 3.05) is 25.7 Å². The first-order chi connectivity index (χ1) is 12.4. The van der Waals surface area contributed by atoms with Crippen LogP contribution >= 0.6 is 0 Å². The summed E-state index contributed by atoms with van der Waals surface area (Å²) in [6.07, 6.45) is 0. The number of nitrogens with one attached hydrogen (secondary N) is 1. The summed E-state index contributed by atoms with van der Waals surface area (Å²) < 4.78 is 10.6. The lowest BCUT2D eigenvalue weighted by molar-refractivity contribution is -0.338. The fourth-order valence-electron chi connectivity index (χ4n) is 3.13. The average Bonchev–Trinajstić information content (AvgIpc) is 2.53. The van der Waals surface area contributed by atoms with Gasteiger partial charge in [0.1, 0.15) is 16.9 Å². The van der Waals surface area contributed by atoms with Crippen molar-refractivity contribution in [2.45, 2.75) is 27.1 Å². The fraction of sp³-hybridized carbons (Fsp3) is 0.333. The summed E-state index contributed by atoms with van der Waals surface area (Å²) in [6.45, 7) is 4.60. The van der Waals surface area contributed by atoms with Crippen LogP contribution in [0.4, 0.5) is 11.6 Å². The van der Waals surface area contributed by atoms with E-state index in [2.05, 4.69) is 19.9 Å². The second kappa shape index (κ2) is 7.19. The van der Waals surface area contributed by atoms with Crippen molar-refractivity contribution < 1.29 is 14.5 Å². The normalized spacial score (nSPS) is 11.2. The van der Waals surface area contributed by atoms with E-state index < -0.39 is 0 Å². The fourth-order valence-corrected chi connectivity index (χ4v) is 3.13. The Kier molecular flexibility index (Phi) is 4.97. The van der Waals surface area contributed by atoms with Gasteiger partial charge in [0.25, 0.3) is 11.5 Å². The zero-order valence-corrected chi connectivity index (χ0v) is 15.4. The molecule has 0 radical (unpaired) electrons. The van der Waals surface area contributed by atoms with Crippen LogP contribution in [0.3, 0.4) is 0 Å². The van der Waals surface area contributed by atoms with Crippen LogP contribution in [0.25, 0.3) is 22.4 Å². The lowest BCUT2D eigenvalue weighted by Crippen LogP contribution is -2.18. The largest absolute Gasteiger partial charge is 0.383 e. The van der Waals surface area contributed by atoms with Crippen molar-refractivity contribution >= 4 is 22.7 Å². The van der Waals surface area contributed by atoms with Crippen molar-refractivity contribution in [1.29, 1.82) is 0 Å². The maximum atomic E-state index is 6.26. The molecule has 26 heavy (non-hydrogen) atoms. The van der Waals surface area contributed by atoms with E-state index in [0.29, 0.717) is 41.9 Å². The van der Waals surface area contributed by atoms with Crippen LogP contribution in [0.2, 0.25) is 0 Å². The van der Waals surface area contributed by atoms with Crippen molar-refractivity contribution in [3.05, 3.63) is 34.6 Å². The standard InChI is InChI=1S/C18H22N6O2/c1-9-5-11(7-25-3)13(15(19)21-9)18-23-16(20)14-12(8-26-4)6-10(2)22-17(14)24-18/h5-6H,7-8H2,1-4H3,(H2,19,21)(H2,20,22,23,24)/p+1. The SMILES string of the molecule is COCc1cc(C)nc(N)c1-c1nc(N)c2c(COC)cc(C)nc2[nH+]1. The molecule has 0 aliphatic carbocycles. The van der Waals surface area contributed by atoms with E-state index in [0.717, 1.165) is 27.9 Å². The molecule has 136 valence electrons. The molecular formula is C18H23N6O2+. The number of fused-ring (bicyclic) bond motifs is 1. The molecule has 0 aliphatic heterocycles. The van der Waals surface area contributed by atoms with Crippen LogP contribution in [0.1, 0.15) is 22.5 Å². The predicted molar refractivity (Wildman–Crippen MR) is 99.0 cm³/mol. The zero-order chi connectivity index (χ0) is 18.8. The second-order valence-corrected chi connectivity index (χ2v) is 6.17. The topological polar surface area (TPSA) is 123 Å². The van der Waals surface area contributed by atoms with E-state index >= 15 is 0 Å². The highest BCUT2D eigenvalue weighted by molar-refractivity contribution is 5.88. The number of hydrogen-bond donors (Lipinski definition) is 2. The quantitative estimate of drug-likeness (QED) is 0.712. The van der Waals surface area contributed by atoms with Gasteiger partial charge in [0.05, 0.1) is 18.8 Å². The molecule has 0 aliphatic rings. The maximum absolute atomic E-state index is 6.26. The van der Waals surface area contributed by atoms with Crippen LogP contribution in [-0.2, 0) is 22.7 Å². The highest BCUT2D eigenvalue weighted by atomic mass is 16.5. The number of aromatic amines is 1. The molecular weight excluding hydrogens is 332 g/mol. The molecule has 8 heteroatoms. The van der Waals surface area contributed by atoms with Gasteiger partial charge < -0.3 is 20.9 Å². The van der Waals surface area contributed by atoms with Gasteiger partial charge in [0.15, 0.2) is 0 Å². The van der Waals surface area contributed by atoms with E-state index in [1.807, 2.05) is 26.0 Å². The number of aromatic nitrogens is 4. The van der Waals surface area contributed by atoms with Crippen LogP contribution < -0.4 is 16.5 Å². The van der Waals surface area contributed by atoms with Gasteiger partial charge in [-0.1, -0.05) is 4.98 Å². The minimum absolute atomic E-state index is 0.358. The minimum atomic E-state index is 0.358. The lowest BCUT2D eigenvalue weighted by atomic mass is 10.1. The van der Waals surface area contributed by atoms with Gasteiger partial charge in [-0.25, -0.2) is 9.97 Å². The molecule has 5 N–H and O–H groups in total. The Balaban J connectivity index is 2.28. The Morgan fingerprint density at radius 1 is 0.885 bits per heavy atom. The first-order valence-corrected chi connectivity index (χ1v) is 8.17. The third-order valence-electron chi connectivity index (χ3n) is 4.05. The van der Waals surface area contributed by atoms with Gasteiger partial charge >= 0.3 is 0 Å². The minimum Gasteiger partial charge on any atom is -0.383 e. The summed E-state index contributed by atoms with van der Waals surface area (Å²) in [7, 11) is 3.27. The lowest BCUT2D eigenvalue weighted by Gasteiger charge is -2.11.